The lowest BCUT2D eigenvalue weighted by molar-refractivity contribution is -0.162. The van der Waals surface area contributed by atoms with E-state index in [2.05, 4.69) is 14.2 Å². The Morgan fingerprint density at radius 3 is 1.76 bits per heavy atom. The molecule has 3 atom stereocenters. The van der Waals surface area contributed by atoms with Gasteiger partial charge in [0.25, 0.3) is 0 Å². The number of rotatable bonds is 8. The molecule has 0 bridgehead atoms. The van der Waals surface area contributed by atoms with Crippen molar-refractivity contribution in [1.82, 2.24) is 0 Å². The van der Waals surface area contributed by atoms with Crippen LogP contribution in [0.15, 0.2) is 0 Å². The van der Waals surface area contributed by atoms with Crippen LogP contribution in [0.1, 0.15) is 34.6 Å². The largest absolute Gasteiger partial charge is 0.510 e. The second kappa shape index (κ2) is 8.99. The predicted molar refractivity (Wildman–Crippen MR) is 70.2 cm³/mol. The topological polar surface area (TPSA) is 107 Å². The van der Waals surface area contributed by atoms with E-state index >= 15 is 0 Å². The van der Waals surface area contributed by atoms with Gasteiger partial charge in [-0.3, -0.25) is 9.32 Å². The summed E-state index contributed by atoms with van der Waals surface area (Å²) >= 11 is 0. The molecular formula is C11H21O9P. The van der Waals surface area contributed by atoms with Crippen molar-refractivity contribution in [3.8, 4) is 0 Å². The maximum atomic E-state index is 12.4. The van der Waals surface area contributed by atoms with Crippen LogP contribution in [-0.2, 0) is 37.1 Å². The van der Waals surface area contributed by atoms with Gasteiger partial charge in [0.2, 0.25) is 12.6 Å². The molecule has 21 heavy (non-hydrogen) atoms. The number of methoxy groups -OCH3 is 1. The monoisotopic (exact) mass is 328 g/mol. The molecule has 0 spiro atoms. The quantitative estimate of drug-likeness (QED) is 0.377. The van der Waals surface area contributed by atoms with Crippen LogP contribution in [-0.4, -0.2) is 37.9 Å². The summed E-state index contributed by atoms with van der Waals surface area (Å²) in [5.41, 5.74) is 0. The SMILES string of the molecule is COC(=O)OC(C)OP(=O)(OC(C)C)OC(C)OC(C)=O. The van der Waals surface area contributed by atoms with Crippen molar-refractivity contribution in [3.63, 3.8) is 0 Å². The molecule has 0 saturated carbocycles. The first-order valence-corrected chi connectivity index (χ1v) is 7.61. The molecule has 0 fully saturated rings. The van der Waals surface area contributed by atoms with Crippen LogP contribution in [0.25, 0.3) is 0 Å². The van der Waals surface area contributed by atoms with E-state index in [4.69, 9.17) is 13.6 Å². The fourth-order valence-corrected chi connectivity index (χ4v) is 2.64. The zero-order chi connectivity index (χ0) is 16.6. The first kappa shape index (κ1) is 19.9. The van der Waals surface area contributed by atoms with Gasteiger partial charge in [0, 0.05) is 6.92 Å². The Hall–Kier alpha value is -1.15. The molecule has 0 aromatic rings. The third-order valence-electron chi connectivity index (χ3n) is 1.66. The number of ether oxygens (including phenoxy) is 3. The van der Waals surface area contributed by atoms with E-state index in [1.807, 2.05) is 0 Å². The van der Waals surface area contributed by atoms with Crippen molar-refractivity contribution in [1.29, 1.82) is 0 Å². The maximum Gasteiger partial charge on any atom is 0.510 e. The Kier molecular flexibility index (Phi) is 8.50. The molecule has 10 heteroatoms. The van der Waals surface area contributed by atoms with E-state index in [9.17, 15) is 14.2 Å². The number of phosphoric acid groups is 1. The highest BCUT2D eigenvalue weighted by Crippen LogP contribution is 2.52. The Bertz CT molecular complexity index is 395. The summed E-state index contributed by atoms with van der Waals surface area (Å²) in [5, 5.41) is 0. The summed E-state index contributed by atoms with van der Waals surface area (Å²) in [6.07, 6.45) is -3.96. The van der Waals surface area contributed by atoms with Crippen LogP contribution in [0, 0.1) is 0 Å². The number of carbonyl (C=O) groups is 2. The third kappa shape index (κ3) is 9.41. The molecular weight excluding hydrogens is 307 g/mol. The minimum atomic E-state index is -4.12. The highest BCUT2D eigenvalue weighted by Gasteiger charge is 2.35. The van der Waals surface area contributed by atoms with Crippen molar-refractivity contribution in [2.45, 2.75) is 53.3 Å². The van der Waals surface area contributed by atoms with Gasteiger partial charge in [-0.15, -0.1) is 0 Å². The average molecular weight is 328 g/mol. The smallest absolute Gasteiger partial charge is 0.438 e. The summed E-state index contributed by atoms with van der Waals surface area (Å²) in [4.78, 5) is 21.7. The minimum Gasteiger partial charge on any atom is -0.438 e. The molecule has 3 unspecified atom stereocenters. The first-order chi connectivity index (χ1) is 9.58. The van der Waals surface area contributed by atoms with Crippen LogP contribution in [0.5, 0.6) is 0 Å². The van der Waals surface area contributed by atoms with Crippen LogP contribution in [0.2, 0.25) is 0 Å². The van der Waals surface area contributed by atoms with Crippen molar-refractivity contribution < 1.29 is 41.9 Å². The summed E-state index contributed by atoms with van der Waals surface area (Å²) in [6, 6.07) is 0. The van der Waals surface area contributed by atoms with Gasteiger partial charge in [-0.2, -0.15) is 0 Å². The molecule has 0 aromatic heterocycles. The highest BCUT2D eigenvalue weighted by molar-refractivity contribution is 7.48. The summed E-state index contributed by atoms with van der Waals surface area (Å²) in [7, 11) is -3.01. The average Bonchev–Trinajstić information content (AvgIpc) is 2.24. The van der Waals surface area contributed by atoms with E-state index < -0.39 is 38.6 Å². The van der Waals surface area contributed by atoms with Gasteiger partial charge < -0.3 is 14.2 Å². The summed E-state index contributed by atoms with van der Waals surface area (Å²) in [6.45, 7) is 7.00. The molecule has 124 valence electrons. The molecule has 0 saturated heterocycles. The molecule has 0 rings (SSSR count). The lowest BCUT2D eigenvalue weighted by Gasteiger charge is -2.24. The van der Waals surface area contributed by atoms with Gasteiger partial charge in [0.05, 0.1) is 13.2 Å². The molecule has 0 amide bonds. The van der Waals surface area contributed by atoms with Gasteiger partial charge in [0.15, 0.2) is 0 Å². The number of esters is 1. The highest BCUT2D eigenvalue weighted by atomic mass is 31.2. The zero-order valence-corrected chi connectivity index (χ0v) is 13.7. The van der Waals surface area contributed by atoms with E-state index in [0.29, 0.717) is 0 Å². The predicted octanol–water partition coefficient (Wildman–Crippen LogP) is 2.59. The van der Waals surface area contributed by atoms with Gasteiger partial charge in [-0.1, -0.05) is 0 Å². The molecule has 0 aliphatic heterocycles. The van der Waals surface area contributed by atoms with Crippen LogP contribution >= 0.6 is 7.82 Å². The van der Waals surface area contributed by atoms with E-state index in [1.165, 1.54) is 13.8 Å². The number of hydrogen-bond acceptors (Lipinski definition) is 9. The lowest BCUT2D eigenvalue weighted by Crippen LogP contribution is -2.22. The van der Waals surface area contributed by atoms with Gasteiger partial charge in [0.1, 0.15) is 0 Å². The standard InChI is InChI=1S/C11H21O9P/c1-7(2)18-21(14,19-9(4)16-8(3)12)20-10(5)17-11(13)15-6/h7,9-10H,1-6H3. The normalized spacial score (nSPS) is 16.7. The van der Waals surface area contributed by atoms with Crippen molar-refractivity contribution in [3.05, 3.63) is 0 Å². The Labute approximate surface area is 123 Å². The van der Waals surface area contributed by atoms with E-state index in [0.717, 1.165) is 14.0 Å². The van der Waals surface area contributed by atoms with Gasteiger partial charge in [-0.25, -0.2) is 18.4 Å². The van der Waals surface area contributed by atoms with E-state index in [1.54, 1.807) is 13.8 Å². The summed E-state index contributed by atoms with van der Waals surface area (Å²) < 4.78 is 41.0. The van der Waals surface area contributed by atoms with Crippen molar-refractivity contribution in [2.75, 3.05) is 7.11 Å². The van der Waals surface area contributed by atoms with Crippen LogP contribution in [0.3, 0.4) is 0 Å². The minimum absolute atomic E-state index is 0.509. The molecule has 0 aliphatic carbocycles. The number of carbonyl (C=O) groups excluding carboxylic acids is 2. The number of hydrogen-bond donors (Lipinski definition) is 0. The molecule has 0 N–H and O–H groups in total. The Morgan fingerprint density at radius 2 is 1.38 bits per heavy atom. The Morgan fingerprint density at radius 1 is 0.905 bits per heavy atom. The molecule has 0 aliphatic rings. The first-order valence-electron chi connectivity index (χ1n) is 6.15. The third-order valence-corrected chi connectivity index (χ3v) is 3.45. The van der Waals surface area contributed by atoms with Crippen LogP contribution in [0.4, 0.5) is 4.79 Å². The summed E-state index contributed by atoms with van der Waals surface area (Å²) in [5.74, 6) is -0.627. The molecule has 0 radical (unpaired) electrons. The van der Waals surface area contributed by atoms with Crippen LogP contribution < -0.4 is 0 Å². The molecule has 0 aromatic carbocycles. The Balaban J connectivity index is 4.78. The van der Waals surface area contributed by atoms with Crippen molar-refractivity contribution in [2.24, 2.45) is 0 Å². The maximum absolute atomic E-state index is 12.4. The zero-order valence-electron chi connectivity index (χ0n) is 12.9. The van der Waals surface area contributed by atoms with Gasteiger partial charge in [-0.05, 0) is 27.7 Å². The fraction of sp³-hybridized carbons (Fsp3) is 0.818. The molecule has 9 nitrogen and oxygen atoms in total. The number of phosphoric ester groups is 1. The second-order valence-corrected chi connectivity index (χ2v) is 5.66. The lowest BCUT2D eigenvalue weighted by atomic mass is 10.5. The van der Waals surface area contributed by atoms with Gasteiger partial charge >= 0.3 is 19.9 Å². The fourth-order valence-electron chi connectivity index (χ4n) is 1.16. The van der Waals surface area contributed by atoms with Crippen molar-refractivity contribution >= 4 is 19.9 Å². The van der Waals surface area contributed by atoms with E-state index in [-0.39, 0.29) is 0 Å². The second-order valence-electron chi connectivity index (χ2n) is 4.13. The molecule has 0 heterocycles.